The Morgan fingerprint density at radius 1 is 1.19 bits per heavy atom. The standard InChI is InChI=1S/C11H9F3N2/c12-11(13,14)9-4-5-10(15-8-9)16-6-2-1-3-7-16/h1-6,8H,7H2. The van der Waals surface area contributed by atoms with Crippen LogP contribution < -0.4 is 4.90 Å². The molecule has 0 atom stereocenters. The highest BCUT2D eigenvalue weighted by Crippen LogP contribution is 2.29. The first-order valence-corrected chi connectivity index (χ1v) is 4.70. The predicted octanol–water partition coefficient (Wildman–Crippen LogP) is 2.99. The van der Waals surface area contributed by atoms with E-state index in [2.05, 4.69) is 4.98 Å². The highest BCUT2D eigenvalue weighted by Gasteiger charge is 2.30. The summed E-state index contributed by atoms with van der Waals surface area (Å²) in [4.78, 5) is 5.55. The number of alkyl halides is 3. The zero-order chi connectivity index (χ0) is 11.6. The first-order chi connectivity index (χ1) is 7.57. The minimum Gasteiger partial charge on any atom is -0.329 e. The smallest absolute Gasteiger partial charge is 0.329 e. The van der Waals surface area contributed by atoms with E-state index in [1.54, 1.807) is 11.1 Å². The topological polar surface area (TPSA) is 16.1 Å². The summed E-state index contributed by atoms with van der Waals surface area (Å²) in [6.45, 7) is 0.620. The van der Waals surface area contributed by atoms with E-state index in [4.69, 9.17) is 0 Å². The second-order valence-corrected chi connectivity index (χ2v) is 3.32. The van der Waals surface area contributed by atoms with Crippen molar-refractivity contribution in [1.29, 1.82) is 0 Å². The van der Waals surface area contributed by atoms with Crippen LogP contribution in [0.2, 0.25) is 0 Å². The normalized spacial score (nSPS) is 15.6. The summed E-state index contributed by atoms with van der Waals surface area (Å²) in [5.41, 5.74) is -0.729. The molecule has 0 bridgehead atoms. The van der Waals surface area contributed by atoms with E-state index in [9.17, 15) is 13.2 Å². The second-order valence-electron chi connectivity index (χ2n) is 3.32. The van der Waals surface area contributed by atoms with E-state index in [0.717, 1.165) is 12.3 Å². The largest absolute Gasteiger partial charge is 0.417 e. The van der Waals surface area contributed by atoms with Crippen molar-refractivity contribution in [1.82, 2.24) is 4.98 Å². The van der Waals surface area contributed by atoms with E-state index < -0.39 is 11.7 Å². The van der Waals surface area contributed by atoms with Crippen molar-refractivity contribution in [3.8, 4) is 0 Å². The van der Waals surface area contributed by atoms with Crippen LogP contribution in [0, 0.1) is 0 Å². The van der Waals surface area contributed by atoms with Crippen LogP contribution in [0.15, 0.2) is 42.8 Å². The van der Waals surface area contributed by atoms with Crippen molar-refractivity contribution in [2.24, 2.45) is 0 Å². The molecule has 1 aliphatic heterocycles. The lowest BCUT2D eigenvalue weighted by Crippen LogP contribution is -2.19. The van der Waals surface area contributed by atoms with Crippen molar-refractivity contribution in [3.05, 3.63) is 48.3 Å². The Balaban J connectivity index is 2.19. The zero-order valence-electron chi connectivity index (χ0n) is 8.28. The fourth-order valence-electron chi connectivity index (χ4n) is 1.36. The lowest BCUT2D eigenvalue weighted by Gasteiger charge is -2.19. The fraction of sp³-hybridized carbons (Fsp3) is 0.182. The molecule has 16 heavy (non-hydrogen) atoms. The molecule has 0 radical (unpaired) electrons. The summed E-state index contributed by atoms with van der Waals surface area (Å²) in [5, 5.41) is 0. The fourth-order valence-corrected chi connectivity index (χ4v) is 1.36. The van der Waals surface area contributed by atoms with E-state index in [-0.39, 0.29) is 0 Å². The Morgan fingerprint density at radius 3 is 2.50 bits per heavy atom. The molecule has 0 spiro atoms. The van der Waals surface area contributed by atoms with Crippen molar-refractivity contribution >= 4 is 5.82 Å². The van der Waals surface area contributed by atoms with Crippen molar-refractivity contribution in [3.63, 3.8) is 0 Å². The number of rotatable bonds is 1. The Bertz CT molecular complexity index is 418. The monoisotopic (exact) mass is 226 g/mol. The van der Waals surface area contributed by atoms with Gasteiger partial charge in [-0.15, -0.1) is 0 Å². The number of hydrogen-bond donors (Lipinski definition) is 0. The Morgan fingerprint density at radius 2 is 2.00 bits per heavy atom. The number of nitrogens with zero attached hydrogens (tertiary/aromatic N) is 2. The number of halogens is 3. The van der Waals surface area contributed by atoms with Crippen LogP contribution in [-0.4, -0.2) is 11.5 Å². The maximum atomic E-state index is 12.3. The lowest BCUT2D eigenvalue weighted by atomic mass is 10.2. The van der Waals surface area contributed by atoms with Gasteiger partial charge in [-0.3, -0.25) is 0 Å². The van der Waals surface area contributed by atoms with Crippen LogP contribution in [0.1, 0.15) is 5.56 Å². The molecule has 1 aromatic rings. The van der Waals surface area contributed by atoms with Crippen LogP contribution in [-0.2, 0) is 6.18 Å². The van der Waals surface area contributed by atoms with Crippen LogP contribution in [0.3, 0.4) is 0 Å². The van der Waals surface area contributed by atoms with Gasteiger partial charge in [0.15, 0.2) is 0 Å². The molecular weight excluding hydrogens is 217 g/mol. The molecule has 0 aromatic carbocycles. The van der Waals surface area contributed by atoms with Gasteiger partial charge in [0.25, 0.3) is 0 Å². The number of allylic oxidation sites excluding steroid dienone is 2. The number of aromatic nitrogens is 1. The minimum atomic E-state index is -4.33. The third-order valence-electron chi connectivity index (χ3n) is 2.18. The van der Waals surface area contributed by atoms with Gasteiger partial charge in [-0.25, -0.2) is 4.98 Å². The molecule has 1 aliphatic rings. The number of pyridine rings is 1. The first-order valence-electron chi connectivity index (χ1n) is 4.70. The maximum absolute atomic E-state index is 12.3. The van der Waals surface area contributed by atoms with Gasteiger partial charge in [-0.2, -0.15) is 13.2 Å². The molecule has 2 nitrogen and oxygen atoms in total. The van der Waals surface area contributed by atoms with E-state index in [0.29, 0.717) is 12.4 Å². The quantitative estimate of drug-likeness (QED) is 0.731. The molecule has 5 heteroatoms. The highest BCUT2D eigenvalue weighted by atomic mass is 19.4. The Labute approximate surface area is 90.7 Å². The molecule has 0 saturated carbocycles. The molecule has 0 N–H and O–H groups in total. The van der Waals surface area contributed by atoms with Gasteiger partial charge in [0.2, 0.25) is 0 Å². The average molecular weight is 226 g/mol. The molecule has 1 aromatic heterocycles. The van der Waals surface area contributed by atoms with Gasteiger partial charge >= 0.3 is 6.18 Å². The molecule has 2 heterocycles. The van der Waals surface area contributed by atoms with Gasteiger partial charge < -0.3 is 4.90 Å². The van der Waals surface area contributed by atoms with Crippen LogP contribution >= 0.6 is 0 Å². The van der Waals surface area contributed by atoms with Crippen molar-refractivity contribution in [2.75, 3.05) is 11.4 Å². The molecule has 0 aliphatic carbocycles. The maximum Gasteiger partial charge on any atom is 0.417 e. The summed E-state index contributed by atoms with van der Waals surface area (Å²) in [6, 6.07) is 2.40. The lowest BCUT2D eigenvalue weighted by molar-refractivity contribution is -0.137. The average Bonchev–Trinajstić information content (AvgIpc) is 2.29. The third-order valence-corrected chi connectivity index (χ3v) is 2.18. The van der Waals surface area contributed by atoms with Crippen LogP contribution in [0.4, 0.5) is 19.0 Å². The van der Waals surface area contributed by atoms with Gasteiger partial charge in [0.05, 0.1) is 5.56 Å². The zero-order valence-corrected chi connectivity index (χ0v) is 8.28. The minimum absolute atomic E-state index is 0.508. The van der Waals surface area contributed by atoms with Gasteiger partial charge in [-0.05, 0) is 18.2 Å². The number of anilines is 1. The summed E-state index contributed by atoms with van der Waals surface area (Å²) in [7, 11) is 0. The SMILES string of the molecule is FC(F)(F)c1ccc(N2C=CC=CC2)nc1. The van der Waals surface area contributed by atoms with E-state index in [1.807, 2.05) is 18.2 Å². The van der Waals surface area contributed by atoms with E-state index >= 15 is 0 Å². The predicted molar refractivity (Wildman–Crippen MR) is 54.9 cm³/mol. The van der Waals surface area contributed by atoms with Crippen LogP contribution in [0.25, 0.3) is 0 Å². The van der Waals surface area contributed by atoms with E-state index in [1.165, 1.54) is 6.07 Å². The Hall–Kier alpha value is -1.78. The molecule has 2 rings (SSSR count). The second kappa shape index (κ2) is 4.00. The summed E-state index contributed by atoms with van der Waals surface area (Å²) < 4.78 is 36.8. The van der Waals surface area contributed by atoms with Crippen molar-refractivity contribution in [2.45, 2.75) is 6.18 Å². The molecule has 0 unspecified atom stereocenters. The van der Waals surface area contributed by atoms with Gasteiger partial charge in [-0.1, -0.05) is 12.2 Å². The Kier molecular flexibility index (Phi) is 2.68. The highest BCUT2D eigenvalue weighted by molar-refractivity contribution is 5.45. The molecule has 0 saturated heterocycles. The summed E-state index contributed by atoms with van der Waals surface area (Å²) in [6.07, 6.45) is 3.88. The third kappa shape index (κ3) is 2.24. The first kappa shape index (κ1) is 10.7. The molecule has 0 fully saturated rings. The molecular formula is C11H9F3N2. The molecule has 84 valence electrons. The van der Waals surface area contributed by atoms with Gasteiger partial charge in [0.1, 0.15) is 5.82 Å². The summed E-state index contributed by atoms with van der Waals surface area (Å²) in [5.74, 6) is 0.508. The summed E-state index contributed by atoms with van der Waals surface area (Å²) >= 11 is 0. The molecule has 0 amide bonds. The number of hydrogen-bond acceptors (Lipinski definition) is 2. The van der Waals surface area contributed by atoms with Crippen molar-refractivity contribution < 1.29 is 13.2 Å². The van der Waals surface area contributed by atoms with Gasteiger partial charge in [0, 0.05) is 18.9 Å². The van der Waals surface area contributed by atoms with Crippen LogP contribution in [0.5, 0.6) is 0 Å².